The molecular weight excluding hydrogens is 250 g/mol. The van der Waals surface area contributed by atoms with E-state index in [-0.39, 0.29) is 5.75 Å². The van der Waals surface area contributed by atoms with Crippen molar-refractivity contribution in [2.45, 2.75) is 26.8 Å². The first-order chi connectivity index (χ1) is 9.70. The summed E-state index contributed by atoms with van der Waals surface area (Å²) in [5.74, 6) is 1.04. The third kappa shape index (κ3) is 2.03. The van der Waals surface area contributed by atoms with Gasteiger partial charge in [0.2, 0.25) is 0 Å². The summed E-state index contributed by atoms with van der Waals surface area (Å²) in [5.41, 5.74) is 3.50. The maximum atomic E-state index is 10.2. The summed E-state index contributed by atoms with van der Waals surface area (Å²) in [5, 5.41) is 10.2. The summed E-state index contributed by atoms with van der Waals surface area (Å²) >= 11 is 0. The van der Waals surface area contributed by atoms with Crippen LogP contribution in [0.3, 0.4) is 0 Å². The molecule has 0 atom stereocenters. The lowest BCUT2D eigenvalue weighted by Crippen LogP contribution is -2.01. The quantitative estimate of drug-likeness (QED) is 0.790. The van der Waals surface area contributed by atoms with Crippen molar-refractivity contribution in [2.24, 2.45) is 0 Å². The molecule has 0 saturated heterocycles. The van der Waals surface area contributed by atoms with Gasteiger partial charge in [-0.3, -0.25) is 0 Å². The Morgan fingerprint density at radius 1 is 1.25 bits per heavy atom. The Morgan fingerprint density at radius 2 is 2.10 bits per heavy atom. The summed E-state index contributed by atoms with van der Waals surface area (Å²) < 4.78 is 2.07. The smallest absolute Gasteiger partial charge is 0.160 e. The third-order valence-electron chi connectivity index (χ3n) is 3.35. The van der Waals surface area contributed by atoms with Gasteiger partial charge in [0.15, 0.2) is 5.65 Å². The molecule has 20 heavy (non-hydrogen) atoms. The van der Waals surface area contributed by atoms with Gasteiger partial charge in [-0.25, -0.2) is 9.97 Å². The number of phenols is 1. The topological polar surface area (TPSA) is 50.9 Å². The van der Waals surface area contributed by atoms with E-state index in [1.807, 2.05) is 31.2 Å². The Bertz CT molecular complexity index is 762. The SMILES string of the molecule is CCCn1c(-c2ccc(C)cc2O)nc2cccnc21. The van der Waals surface area contributed by atoms with Crippen LogP contribution in [0.15, 0.2) is 36.5 Å². The Balaban J connectivity index is 2.26. The van der Waals surface area contributed by atoms with Gasteiger partial charge in [0.1, 0.15) is 17.1 Å². The van der Waals surface area contributed by atoms with E-state index in [0.717, 1.165) is 41.1 Å². The van der Waals surface area contributed by atoms with E-state index in [1.54, 1.807) is 12.3 Å². The molecule has 1 N–H and O–H groups in total. The van der Waals surface area contributed by atoms with Crippen LogP contribution in [0.5, 0.6) is 5.75 Å². The standard InChI is InChI=1S/C16H17N3O/c1-3-9-19-15(12-7-6-11(2)10-14(12)20)18-13-5-4-8-17-16(13)19/h4-8,10,20H,3,9H2,1-2H3. The van der Waals surface area contributed by atoms with Gasteiger partial charge in [-0.2, -0.15) is 0 Å². The van der Waals surface area contributed by atoms with E-state index in [9.17, 15) is 5.11 Å². The molecule has 4 heteroatoms. The van der Waals surface area contributed by atoms with Gasteiger partial charge in [-0.1, -0.05) is 13.0 Å². The van der Waals surface area contributed by atoms with E-state index in [2.05, 4.69) is 21.5 Å². The molecule has 1 aromatic carbocycles. The van der Waals surface area contributed by atoms with E-state index < -0.39 is 0 Å². The number of fused-ring (bicyclic) bond motifs is 1. The maximum Gasteiger partial charge on any atom is 0.160 e. The molecule has 2 aromatic heterocycles. The van der Waals surface area contributed by atoms with Gasteiger partial charge in [-0.15, -0.1) is 0 Å². The summed E-state index contributed by atoms with van der Waals surface area (Å²) in [4.78, 5) is 9.04. The second-order valence-electron chi connectivity index (χ2n) is 4.95. The number of nitrogens with zero attached hydrogens (tertiary/aromatic N) is 3. The zero-order valence-corrected chi connectivity index (χ0v) is 11.7. The molecule has 0 amide bonds. The van der Waals surface area contributed by atoms with Gasteiger partial charge in [-0.05, 0) is 43.2 Å². The van der Waals surface area contributed by atoms with E-state index in [4.69, 9.17) is 0 Å². The van der Waals surface area contributed by atoms with Crippen LogP contribution in [0, 0.1) is 6.92 Å². The summed E-state index contributed by atoms with van der Waals surface area (Å²) in [6.45, 7) is 4.91. The molecule has 0 unspecified atom stereocenters. The largest absolute Gasteiger partial charge is 0.507 e. The van der Waals surface area contributed by atoms with E-state index in [0.29, 0.717) is 0 Å². The lowest BCUT2D eigenvalue weighted by atomic mass is 10.1. The first-order valence-electron chi connectivity index (χ1n) is 6.82. The molecule has 4 nitrogen and oxygen atoms in total. The minimum absolute atomic E-state index is 0.262. The minimum Gasteiger partial charge on any atom is -0.507 e. The number of pyridine rings is 1. The molecule has 102 valence electrons. The zero-order valence-electron chi connectivity index (χ0n) is 11.7. The number of hydrogen-bond acceptors (Lipinski definition) is 3. The van der Waals surface area contributed by atoms with Crippen LogP contribution in [0.2, 0.25) is 0 Å². The summed E-state index contributed by atoms with van der Waals surface area (Å²) in [6.07, 6.45) is 2.76. The van der Waals surface area contributed by atoms with Crippen LogP contribution in [0.4, 0.5) is 0 Å². The van der Waals surface area contributed by atoms with Gasteiger partial charge in [0, 0.05) is 12.7 Å². The van der Waals surface area contributed by atoms with Gasteiger partial charge in [0.25, 0.3) is 0 Å². The Labute approximate surface area is 117 Å². The molecule has 0 bridgehead atoms. The molecule has 0 aliphatic rings. The summed E-state index contributed by atoms with van der Waals surface area (Å²) in [7, 11) is 0. The average Bonchev–Trinajstić information content (AvgIpc) is 2.78. The van der Waals surface area contributed by atoms with Crippen molar-refractivity contribution in [1.29, 1.82) is 0 Å². The van der Waals surface area contributed by atoms with Crippen molar-refractivity contribution in [3.63, 3.8) is 0 Å². The fraction of sp³-hybridized carbons (Fsp3) is 0.250. The molecule has 3 rings (SSSR count). The van der Waals surface area contributed by atoms with Crippen LogP contribution < -0.4 is 0 Å². The Kier molecular flexibility index (Phi) is 3.14. The molecule has 0 saturated carbocycles. The van der Waals surface area contributed by atoms with Gasteiger partial charge in [0.05, 0.1) is 5.56 Å². The highest BCUT2D eigenvalue weighted by atomic mass is 16.3. The van der Waals surface area contributed by atoms with Crippen molar-refractivity contribution >= 4 is 11.2 Å². The molecule has 2 heterocycles. The van der Waals surface area contributed by atoms with Crippen molar-refractivity contribution < 1.29 is 5.11 Å². The van der Waals surface area contributed by atoms with Crippen molar-refractivity contribution in [2.75, 3.05) is 0 Å². The molecular formula is C16H17N3O. The lowest BCUT2D eigenvalue weighted by Gasteiger charge is -2.09. The monoisotopic (exact) mass is 267 g/mol. The second-order valence-corrected chi connectivity index (χ2v) is 4.95. The fourth-order valence-corrected chi connectivity index (χ4v) is 2.43. The van der Waals surface area contributed by atoms with E-state index in [1.165, 1.54) is 0 Å². The number of rotatable bonds is 3. The van der Waals surface area contributed by atoms with Crippen LogP contribution in [-0.2, 0) is 6.54 Å². The predicted octanol–water partition coefficient (Wildman–Crippen LogP) is 3.52. The van der Waals surface area contributed by atoms with Crippen molar-refractivity contribution in [3.05, 3.63) is 42.1 Å². The first kappa shape index (κ1) is 12.7. The molecule has 0 radical (unpaired) electrons. The first-order valence-corrected chi connectivity index (χ1v) is 6.82. The summed E-state index contributed by atoms with van der Waals surface area (Å²) in [6, 6.07) is 9.49. The highest BCUT2D eigenvalue weighted by molar-refractivity contribution is 5.78. The minimum atomic E-state index is 0.262. The number of phenolic OH excluding ortho intramolecular Hbond substituents is 1. The van der Waals surface area contributed by atoms with Crippen LogP contribution in [-0.4, -0.2) is 19.6 Å². The lowest BCUT2D eigenvalue weighted by molar-refractivity contribution is 0.476. The van der Waals surface area contributed by atoms with Gasteiger partial charge < -0.3 is 9.67 Å². The molecule has 0 aliphatic heterocycles. The molecule has 3 aromatic rings. The van der Waals surface area contributed by atoms with Crippen molar-refractivity contribution in [1.82, 2.24) is 14.5 Å². The van der Waals surface area contributed by atoms with Crippen LogP contribution in [0.1, 0.15) is 18.9 Å². The highest BCUT2D eigenvalue weighted by Gasteiger charge is 2.15. The number of aromatic hydroxyl groups is 1. The highest BCUT2D eigenvalue weighted by Crippen LogP contribution is 2.31. The molecule has 0 spiro atoms. The second kappa shape index (κ2) is 4.96. The third-order valence-corrected chi connectivity index (χ3v) is 3.35. The Morgan fingerprint density at radius 3 is 2.85 bits per heavy atom. The number of imidazole rings is 1. The Hall–Kier alpha value is -2.36. The normalized spacial score (nSPS) is 11.1. The number of aromatic nitrogens is 3. The van der Waals surface area contributed by atoms with Gasteiger partial charge >= 0.3 is 0 Å². The average molecular weight is 267 g/mol. The van der Waals surface area contributed by atoms with Crippen LogP contribution >= 0.6 is 0 Å². The number of hydrogen-bond donors (Lipinski definition) is 1. The van der Waals surface area contributed by atoms with Crippen LogP contribution in [0.25, 0.3) is 22.6 Å². The fourth-order valence-electron chi connectivity index (χ4n) is 2.43. The maximum absolute atomic E-state index is 10.2. The molecule has 0 aliphatic carbocycles. The molecule has 0 fully saturated rings. The zero-order chi connectivity index (χ0) is 14.1. The van der Waals surface area contributed by atoms with Crippen molar-refractivity contribution in [3.8, 4) is 17.1 Å². The van der Waals surface area contributed by atoms with E-state index >= 15 is 0 Å². The number of aryl methyl sites for hydroxylation is 2. The number of benzene rings is 1. The predicted molar refractivity (Wildman–Crippen MR) is 79.7 cm³/mol.